The summed E-state index contributed by atoms with van der Waals surface area (Å²) in [6.45, 7) is 4.64. The highest BCUT2D eigenvalue weighted by atomic mass is 19.4. The maximum atomic E-state index is 12.8. The number of aliphatic hydroxyl groups excluding tert-OH is 1. The van der Waals surface area contributed by atoms with Crippen molar-refractivity contribution in [2.24, 2.45) is 0 Å². The van der Waals surface area contributed by atoms with Crippen LogP contribution in [0.25, 0.3) is 6.08 Å². The van der Waals surface area contributed by atoms with Gasteiger partial charge in [-0.05, 0) is 37.5 Å². The van der Waals surface area contributed by atoms with E-state index in [-0.39, 0.29) is 5.82 Å². The number of hydrogen-bond donors (Lipinski definition) is 2. The van der Waals surface area contributed by atoms with Gasteiger partial charge in [0.2, 0.25) is 0 Å². The molecule has 33 heavy (non-hydrogen) atoms. The molecule has 2 aromatic rings. The fourth-order valence-corrected chi connectivity index (χ4v) is 3.06. The minimum Gasteiger partial charge on any atom is -0.475 e. The van der Waals surface area contributed by atoms with Gasteiger partial charge >= 0.3 is 12.1 Å². The van der Waals surface area contributed by atoms with Crippen molar-refractivity contribution in [2.45, 2.75) is 38.1 Å². The van der Waals surface area contributed by atoms with Crippen LogP contribution in [-0.2, 0) is 4.79 Å². The standard InChI is InChI=1S/C20H25FN4O.C2HF3O2/c1-16(26)20-15-25(23-22-20)19-10-13-24(14-11-19)12-4-2-3-5-17-6-8-18(21)9-7-17;3-2(4,5)1(6)7/h2-9,15-16,19,26H,10-14H2,1H3;(H,6,7)/b4-2+,5-3+;. The van der Waals surface area contributed by atoms with Gasteiger partial charge in [-0.1, -0.05) is 41.7 Å². The molecule has 1 aliphatic rings. The van der Waals surface area contributed by atoms with Gasteiger partial charge in [0.15, 0.2) is 0 Å². The molecule has 0 radical (unpaired) electrons. The van der Waals surface area contributed by atoms with E-state index in [1.54, 1.807) is 19.1 Å². The van der Waals surface area contributed by atoms with Gasteiger partial charge in [-0.15, -0.1) is 5.10 Å². The second-order valence-electron chi connectivity index (χ2n) is 7.47. The zero-order chi connectivity index (χ0) is 24.4. The van der Waals surface area contributed by atoms with Crippen LogP contribution in [0.5, 0.6) is 0 Å². The Hall–Kier alpha value is -3.05. The molecule has 1 aliphatic heterocycles. The molecule has 0 aliphatic carbocycles. The number of rotatable bonds is 6. The Bertz CT molecular complexity index is 932. The third-order valence-corrected chi connectivity index (χ3v) is 4.90. The Morgan fingerprint density at radius 2 is 1.82 bits per heavy atom. The van der Waals surface area contributed by atoms with Crippen LogP contribution in [0.1, 0.15) is 43.2 Å². The molecule has 0 saturated carbocycles. The number of hydrogen-bond acceptors (Lipinski definition) is 5. The van der Waals surface area contributed by atoms with Crippen LogP contribution in [0, 0.1) is 5.82 Å². The molecule has 1 saturated heterocycles. The van der Waals surface area contributed by atoms with Gasteiger partial charge in [-0.25, -0.2) is 13.9 Å². The first-order valence-corrected chi connectivity index (χ1v) is 10.3. The Balaban J connectivity index is 0.000000479. The van der Waals surface area contributed by atoms with Gasteiger partial charge in [0.1, 0.15) is 11.5 Å². The highest BCUT2D eigenvalue weighted by Gasteiger charge is 2.38. The normalized spacial score (nSPS) is 16.7. The summed E-state index contributed by atoms with van der Waals surface area (Å²) in [5.41, 5.74) is 1.62. The molecule has 7 nitrogen and oxygen atoms in total. The Labute approximate surface area is 188 Å². The maximum absolute atomic E-state index is 12.8. The molecule has 180 valence electrons. The van der Waals surface area contributed by atoms with Crippen LogP contribution >= 0.6 is 0 Å². The fourth-order valence-electron chi connectivity index (χ4n) is 3.06. The third-order valence-electron chi connectivity index (χ3n) is 4.90. The largest absolute Gasteiger partial charge is 0.490 e. The topological polar surface area (TPSA) is 91.5 Å². The fraction of sp³-hybridized carbons (Fsp3) is 0.409. The highest BCUT2D eigenvalue weighted by molar-refractivity contribution is 5.73. The van der Waals surface area contributed by atoms with Gasteiger partial charge < -0.3 is 10.2 Å². The lowest BCUT2D eigenvalue weighted by Gasteiger charge is -2.30. The Morgan fingerprint density at radius 1 is 1.21 bits per heavy atom. The van der Waals surface area contributed by atoms with Gasteiger partial charge in [-0.3, -0.25) is 4.90 Å². The highest BCUT2D eigenvalue weighted by Crippen LogP contribution is 2.22. The van der Waals surface area contributed by atoms with Crippen LogP contribution in [0.3, 0.4) is 0 Å². The first-order chi connectivity index (χ1) is 15.6. The second kappa shape index (κ2) is 12.3. The zero-order valence-corrected chi connectivity index (χ0v) is 18.0. The second-order valence-corrected chi connectivity index (χ2v) is 7.47. The van der Waals surface area contributed by atoms with Crippen molar-refractivity contribution in [3.05, 3.63) is 65.8 Å². The van der Waals surface area contributed by atoms with E-state index >= 15 is 0 Å². The predicted octanol–water partition coefficient (Wildman–Crippen LogP) is 4.01. The molecule has 1 atom stereocenters. The number of carboxylic acids is 1. The lowest BCUT2D eigenvalue weighted by Crippen LogP contribution is -2.34. The van der Waals surface area contributed by atoms with E-state index in [0.29, 0.717) is 11.7 Å². The van der Waals surface area contributed by atoms with E-state index in [0.717, 1.165) is 38.0 Å². The first kappa shape index (κ1) is 26.2. The minimum absolute atomic E-state index is 0.214. The summed E-state index contributed by atoms with van der Waals surface area (Å²) in [7, 11) is 0. The predicted molar refractivity (Wildman–Crippen MR) is 114 cm³/mol. The number of alkyl halides is 3. The van der Waals surface area contributed by atoms with E-state index in [1.165, 1.54) is 12.1 Å². The van der Waals surface area contributed by atoms with Crippen molar-refractivity contribution in [3.63, 3.8) is 0 Å². The van der Waals surface area contributed by atoms with Crippen molar-refractivity contribution >= 4 is 12.0 Å². The number of allylic oxidation sites excluding steroid dienone is 2. The Morgan fingerprint density at radius 3 is 2.33 bits per heavy atom. The van der Waals surface area contributed by atoms with Crippen molar-refractivity contribution in [1.29, 1.82) is 0 Å². The lowest BCUT2D eigenvalue weighted by atomic mass is 10.1. The van der Waals surface area contributed by atoms with Crippen molar-refractivity contribution in [3.8, 4) is 0 Å². The minimum atomic E-state index is -5.08. The van der Waals surface area contributed by atoms with E-state index < -0.39 is 18.2 Å². The number of aromatic nitrogens is 3. The molecule has 1 aromatic heterocycles. The quantitative estimate of drug-likeness (QED) is 0.490. The van der Waals surface area contributed by atoms with Crippen molar-refractivity contribution < 1.29 is 32.6 Å². The molecule has 1 aromatic carbocycles. The summed E-state index contributed by atoms with van der Waals surface area (Å²) in [6, 6.07) is 6.81. The molecule has 2 heterocycles. The maximum Gasteiger partial charge on any atom is 0.490 e. The van der Waals surface area contributed by atoms with Crippen molar-refractivity contribution in [2.75, 3.05) is 19.6 Å². The molecule has 1 fully saturated rings. The summed E-state index contributed by atoms with van der Waals surface area (Å²) >= 11 is 0. The molecular formula is C22H26F4N4O3. The van der Waals surface area contributed by atoms with Crippen molar-refractivity contribution in [1.82, 2.24) is 19.9 Å². The number of piperidine rings is 1. The number of aliphatic carboxylic acids is 1. The molecular weight excluding hydrogens is 444 g/mol. The molecule has 0 amide bonds. The molecule has 3 rings (SSSR count). The number of carboxylic acid groups (broad SMARTS) is 1. The number of aliphatic hydroxyl groups is 1. The van der Waals surface area contributed by atoms with Crippen LogP contribution in [0.15, 0.2) is 48.7 Å². The SMILES string of the molecule is CC(O)c1cn(C2CCN(C/C=C/C=C/c3ccc(F)cc3)CC2)nn1.O=C(O)C(F)(F)F. The van der Waals surface area contributed by atoms with Gasteiger partial charge in [0, 0.05) is 19.6 Å². The van der Waals surface area contributed by atoms with E-state index in [1.807, 2.05) is 29.1 Å². The number of likely N-dealkylation sites (tertiary alicyclic amines) is 1. The van der Waals surface area contributed by atoms with E-state index in [4.69, 9.17) is 9.90 Å². The summed E-state index contributed by atoms with van der Waals surface area (Å²) in [6.07, 6.45) is 6.37. The molecule has 11 heteroatoms. The summed E-state index contributed by atoms with van der Waals surface area (Å²) < 4.78 is 46.5. The van der Waals surface area contributed by atoms with Gasteiger partial charge in [-0.2, -0.15) is 13.2 Å². The smallest absolute Gasteiger partial charge is 0.475 e. The number of halogens is 4. The van der Waals surface area contributed by atoms with Gasteiger partial charge in [0.05, 0.1) is 18.3 Å². The van der Waals surface area contributed by atoms with E-state index in [9.17, 15) is 22.7 Å². The monoisotopic (exact) mass is 470 g/mol. The number of carbonyl (C=O) groups is 1. The zero-order valence-electron chi connectivity index (χ0n) is 18.0. The molecule has 2 N–H and O–H groups in total. The van der Waals surface area contributed by atoms with Crippen LogP contribution in [-0.4, -0.2) is 61.9 Å². The summed E-state index contributed by atoms with van der Waals surface area (Å²) in [4.78, 5) is 11.3. The van der Waals surface area contributed by atoms with Gasteiger partial charge in [0.25, 0.3) is 0 Å². The van der Waals surface area contributed by atoms with Crippen LogP contribution in [0.4, 0.5) is 17.6 Å². The Kier molecular flexibility index (Phi) is 9.74. The van der Waals surface area contributed by atoms with Crippen LogP contribution < -0.4 is 0 Å². The first-order valence-electron chi connectivity index (χ1n) is 10.3. The van der Waals surface area contributed by atoms with E-state index in [2.05, 4.69) is 21.3 Å². The summed E-state index contributed by atoms with van der Waals surface area (Å²) in [5.74, 6) is -2.97. The van der Waals surface area contributed by atoms with Crippen LogP contribution in [0.2, 0.25) is 0 Å². The molecule has 0 bridgehead atoms. The number of benzene rings is 1. The number of nitrogens with zero attached hydrogens (tertiary/aromatic N) is 4. The third kappa shape index (κ3) is 9.15. The average Bonchev–Trinajstić information content (AvgIpc) is 3.26. The summed E-state index contributed by atoms with van der Waals surface area (Å²) in [5, 5.41) is 24.8. The molecule has 1 unspecified atom stereocenters. The molecule has 0 spiro atoms. The lowest BCUT2D eigenvalue weighted by molar-refractivity contribution is -0.192. The average molecular weight is 470 g/mol.